The number of anilines is 1. The molecule has 0 saturated carbocycles. The van der Waals surface area contributed by atoms with Gasteiger partial charge in [0.1, 0.15) is 0 Å². The van der Waals surface area contributed by atoms with E-state index in [0.29, 0.717) is 6.04 Å². The number of hydrazine groups is 1. The first kappa shape index (κ1) is 14.8. The molecule has 3 N–H and O–H groups in total. The van der Waals surface area contributed by atoms with Gasteiger partial charge in [0, 0.05) is 43.5 Å². The van der Waals surface area contributed by atoms with Crippen molar-refractivity contribution in [2.24, 2.45) is 5.84 Å². The maximum absolute atomic E-state index is 12.6. The van der Waals surface area contributed by atoms with Crippen LogP contribution in [-0.4, -0.2) is 47.9 Å². The summed E-state index contributed by atoms with van der Waals surface area (Å²) in [6, 6.07) is 6.13. The van der Waals surface area contributed by atoms with Gasteiger partial charge in [0.05, 0.1) is 0 Å². The molecular formula is C15H24N4O. The molecule has 2 rings (SSSR count). The van der Waals surface area contributed by atoms with Crippen LogP contribution >= 0.6 is 0 Å². The molecule has 1 fully saturated rings. The van der Waals surface area contributed by atoms with E-state index >= 15 is 0 Å². The van der Waals surface area contributed by atoms with Crippen LogP contribution in [0.4, 0.5) is 5.69 Å². The molecule has 0 bridgehead atoms. The number of piperazine rings is 1. The zero-order valence-electron chi connectivity index (χ0n) is 12.5. The molecule has 5 heteroatoms. The van der Waals surface area contributed by atoms with E-state index < -0.39 is 0 Å². The van der Waals surface area contributed by atoms with Crippen LogP contribution < -0.4 is 11.3 Å². The third-order valence-electron chi connectivity index (χ3n) is 3.96. The summed E-state index contributed by atoms with van der Waals surface area (Å²) in [5.41, 5.74) is 5.14. The summed E-state index contributed by atoms with van der Waals surface area (Å²) in [5, 5.41) is 0. The van der Waals surface area contributed by atoms with Crippen molar-refractivity contribution < 1.29 is 4.79 Å². The fourth-order valence-corrected chi connectivity index (χ4v) is 2.61. The lowest BCUT2D eigenvalue weighted by molar-refractivity contribution is 0.0595. The van der Waals surface area contributed by atoms with Gasteiger partial charge >= 0.3 is 0 Å². The van der Waals surface area contributed by atoms with E-state index in [2.05, 4.69) is 24.2 Å². The standard InChI is InChI=1S/C15H24N4O/c1-11(2)18-6-8-19(9-7-18)15(20)14-5-4-13(17-16)10-12(14)3/h4-5,10-11,17H,6-9,16H2,1-3H3. The third kappa shape index (κ3) is 3.11. The Balaban J connectivity index is 2.05. The molecule has 1 aliphatic rings. The summed E-state index contributed by atoms with van der Waals surface area (Å²) in [6.07, 6.45) is 0. The number of nitrogens with two attached hydrogens (primary N) is 1. The molecule has 110 valence electrons. The average Bonchev–Trinajstić information content (AvgIpc) is 2.46. The monoisotopic (exact) mass is 276 g/mol. The smallest absolute Gasteiger partial charge is 0.254 e. The van der Waals surface area contributed by atoms with Crippen molar-refractivity contribution in [3.05, 3.63) is 29.3 Å². The lowest BCUT2D eigenvalue weighted by atomic mass is 10.1. The largest absolute Gasteiger partial charge is 0.336 e. The van der Waals surface area contributed by atoms with Crippen molar-refractivity contribution in [1.82, 2.24) is 9.80 Å². The topological polar surface area (TPSA) is 61.6 Å². The molecule has 1 aromatic rings. The number of nitrogens with zero attached hydrogens (tertiary/aromatic N) is 2. The second kappa shape index (κ2) is 6.24. The molecule has 0 aliphatic carbocycles. The van der Waals surface area contributed by atoms with Gasteiger partial charge in [-0.05, 0) is 44.5 Å². The Morgan fingerprint density at radius 1 is 1.25 bits per heavy atom. The second-order valence-electron chi connectivity index (χ2n) is 5.60. The van der Waals surface area contributed by atoms with Crippen molar-refractivity contribution in [1.29, 1.82) is 0 Å². The highest BCUT2D eigenvalue weighted by atomic mass is 16.2. The van der Waals surface area contributed by atoms with Crippen molar-refractivity contribution in [3.8, 4) is 0 Å². The van der Waals surface area contributed by atoms with Crippen LogP contribution in [-0.2, 0) is 0 Å². The van der Waals surface area contributed by atoms with E-state index in [1.54, 1.807) is 0 Å². The van der Waals surface area contributed by atoms with Crippen molar-refractivity contribution in [3.63, 3.8) is 0 Å². The maximum Gasteiger partial charge on any atom is 0.254 e. The first-order valence-corrected chi connectivity index (χ1v) is 7.13. The number of nitrogens with one attached hydrogen (secondary N) is 1. The number of hydrogen-bond acceptors (Lipinski definition) is 4. The third-order valence-corrected chi connectivity index (χ3v) is 3.96. The van der Waals surface area contributed by atoms with E-state index in [1.165, 1.54) is 0 Å². The number of carbonyl (C=O) groups excluding carboxylic acids is 1. The molecule has 0 radical (unpaired) electrons. The van der Waals surface area contributed by atoms with Gasteiger partial charge in [-0.2, -0.15) is 0 Å². The van der Waals surface area contributed by atoms with Gasteiger partial charge in [-0.15, -0.1) is 0 Å². The van der Waals surface area contributed by atoms with Crippen LogP contribution in [0.5, 0.6) is 0 Å². The molecule has 0 atom stereocenters. The average molecular weight is 276 g/mol. The minimum atomic E-state index is 0.120. The Hall–Kier alpha value is -1.59. The molecule has 1 aliphatic heterocycles. The molecule has 0 spiro atoms. The molecule has 0 unspecified atom stereocenters. The quantitative estimate of drug-likeness (QED) is 0.648. The number of amides is 1. The molecule has 0 aromatic heterocycles. The SMILES string of the molecule is Cc1cc(NN)ccc1C(=O)N1CCN(C(C)C)CC1. The number of aryl methyl sites for hydroxylation is 1. The summed E-state index contributed by atoms with van der Waals surface area (Å²) in [4.78, 5) is 16.9. The Bertz CT molecular complexity index is 479. The minimum absolute atomic E-state index is 0.120. The second-order valence-corrected chi connectivity index (χ2v) is 5.60. The van der Waals surface area contributed by atoms with Gasteiger partial charge in [0.2, 0.25) is 0 Å². The normalized spacial score (nSPS) is 16.6. The Labute approximate surface area is 120 Å². The van der Waals surface area contributed by atoms with Crippen LogP contribution in [0.3, 0.4) is 0 Å². The van der Waals surface area contributed by atoms with Crippen molar-refractivity contribution in [2.75, 3.05) is 31.6 Å². The van der Waals surface area contributed by atoms with Gasteiger partial charge in [-0.3, -0.25) is 15.5 Å². The first-order valence-electron chi connectivity index (χ1n) is 7.13. The molecule has 20 heavy (non-hydrogen) atoms. The van der Waals surface area contributed by atoms with Gasteiger partial charge in [-0.25, -0.2) is 0 Å². The summed E-state index contributed by atoms with van der Waals surface area (Å²) < 4.78 is 0. The van der Waals surface area contributed by atoms with Crippen LogP contribution in [0.25, 0.3) is 0 Å². The zero-order chi connectivity index (χ0) is 14.7. The van der Waals surface area contributed by atoms with Crippen molar-refractivity contribution >= 4 is 11.6 Å². The lowest BCUT2D eigenvalue weighted by Crippen LogP contribution is -2.50. The predicted octanol–water partition coefficient (Wildman–Crippen LogP) is 1.45. The number of nitrogen functional groups attached to an aromatic ring is 1. The molecular weight excluding hydrogens is 252 g/mol. The number of rotatable bonds is 3. The summed E-state index contributed by atoms with van der Waals surface area (Å²) in [7, 11) is 0. The highest BCUT2D eigenvalue weighted by molar-refractivity contribution is 5.96. The fourth-order valence-electron chi connectivity index (χ4n) is 2.61. The van der Waals surface area contributed by atoms with Gasteiger partial charge in [0.25, 0.3) is 5.91 Å². The number of benzene rings is 1. The summed E-state index contributed by atoms with van der Waals surface area (Å²) in [6.45, 7) is 9.83. The van der Waals surface area contributed by atoms with Crippen LogP contribution in [0, 0.1) is 6.92 Å². The predicted molar refractivity (Wildman–Crippen MR) is 81.6 cm³/mol. The van der Waals surface area contributed by atoms with Gasteiger partial charge in [0.15, 0.2) is 0 Å². The number of hydrogen-bond donors (Lipinski definition) is 2. The highest BCUT2D eigenvalue weighted by Crippen LogP contribution is 2.17. The highest BCUT2D eigenvalue weighted by Gasteiger charge is 2.24. The van der Waals surface area contributed by atoms with Crippen LogP contribution in [0.1, 0.15) is 29.8 Å². The lowest BCUT2D eigenvalue weighted by Gasteiger charge is -2.37. The van der Waals surface area contributed by atoms with E-state index in [9.17, 15) is 4.79 Å². The number of carbonyl (C=O) groups is 1. The molecule has 5 nitrogen and oxygen atoms in total. The fraction of sp³-hybridized carbons (Fsp3) is 0.533. The zero-order valence-corrected chi connectivity index (χ0v) is 12.5. The van der Waals surface area contributed by atoms with Crippen LogP contribution in [0.2, 0.25) is 0 Å². The van der Waals surface area contributed by atoms with Crippen molar-refractivity contribution in [2.45, 2.75) is 26.8 Å². The van der Waals surface area contributed by atoms with Gasteiger partial charge < -0.3 is 10.3 Å². The Morgan fingerprint density at radius 2 is 1.90 bits per heavy atom. The first-order chi connectivity index (χ1) is 9.52. The Kier molecular flexibility index (Phi) is 4.62. The summed E-state index contributed by atoms with van der Waals surface area (Å²) in [5.74, 6) is 5.50. The minimum Gasteiger partial charge on any atom is -0.336 e. The van der Waals surface area contributed by atoms with E-state index in [-0.39, 0.29) is 5.91 Å². The molecule has 1 amide bonds. The molecule has 1 aromatic carbocycles. The Morgan fingerprint density at radius 3 is 2.40 bits per heavy atom. The molecule has 1 saturated heterocycles. The van der Waals surface area contributed by atoms with E-state index in [4.69, 9.17) is 5.84 Å². The van der Waals surface area contributed by atoms with E-state index in [1.807, 2.05) is 30.0 Å². The van der Waals surface area contributed by atoms with Crippen LogP contribution in [0.15, 0.2) is 18.2 Å². The van der Waals surface area contributed by atoms with E-state index in [0.717, 1.165) is 43.0 Å². The van der Waals surface area contributed by atoms with Gasteiger partial charge in [-0.1, -0.05) is 0 Å². The maximum atomic E-state index is 12.6. The molecule has 1 heterocycles. The summed E-state index contributed by atoms with van der Waals surface area (Å²) >= 11 is 0.